The molecule has 1 aromatic heterocycles. The Morgan fingerprint density at radius 1 is 1.03 bits per heavy atom. The largest absolute Gasteiger partial charge is 0.462 e. The quantitative estimate of drug-likeness (QED) is 0.570. The molecule has 2 aromatic rings. The number of rotatable bonds is 7. The number of nitrogens with zero attached hydrogens (tertiary/aromatic N) is 5. The Hall–Kier alpha value is -1.91. The molecule has 3 aliphatic heterocycles. The van der Waals surface area contributed by atoms with E-state index in [9.17, 15) is 0 Å². The third-order valence-corrected chi connectivity index (χ3v) is 7.41. The van der Waals surface area contributed by atoms with E-state index in [0.29, 0.717) is 32.4 Å². The second-order valence-corrected chi connectivity index (χ2v) is 9.98. The molecule has 0 bridgehead atoms. The normalized spacial score (nSPS) is 20.4. The molecule has 2 fully saturated rings. The van der Waals surface area contributed by atoms with Crippen LogP contribution in [0.3, 0.4) is 0 Å². The molecule has 1 aromatic carbocycles. The van der Waals surface area contributed by atoms with Gasteiger partial charge in [0.05, 0.1) is 38.7 Å². The number of thioether (sulfide) groups is 1. The van der Waals surface area contributed by atoms with Gasteiger partial charge < -0.3 is 19.1 Å². The van der Waals surface area contributed by atoms with Gasteiger partial charge in [-0.05, 0) is 24.6 Å². The van der Waals surface area contributed by atoms with Crippen LogP contribution in [0.15, 0.2) is 34.2 Å². The minimum atomic E-state index is 0.412. The van der Waals surface area contributed by atoms with Crippen LogP contribution in [0, 0.1) is 0 Å². The number of hydrogen-bond acceptors (Lipinski definition) is 9. The van der Waals surface area contributed by atoms with Crippen molar-refractivity contribution in [3.05, 3.63) is 40.5 Å². The average Bonchev–Trinajstić information content (AvgIpc) is 2.88. The van der Waals surface area contributed by atoms with E-state index in [1.165, 1.54) is 4.90 Å². The first-order valence-corrected chi connectivity index (χ1v) is 13.2. The summed E-state index contributed by atoms with van der Waals surface area (Å²) >= 11 is 8.12. The van der Waals surface area contributed by atoms with Crippen molar-refractivity contribution in [1.29, 1.82) is 0 Å². The van der Waals surface area contributed by atoms with E-state index in [0.717, 1.165) is 85.9 Å². The fourth-order valence-electron chi connectivity index (χ4n) is 4.24. The number of aliphatic imine (C=N–C) groups is 1. The Balaban J connectivity index is 1.33. The van der Waals surface area contributed by atoms with Crippen LogP contribution < -0.4 is 9.64 Å². The van der Waals surface area contributed by atoms with Crippen molar-refractivity contribution >= 4 is 34.9 Å². The summed E-state index contributed by atoms with van der Waals surface area (Å²) in [5.41, 5.74) is 3.07. The number of aromatic nitrogens is 2. The van der Waals surface area contributed by atoms with Crippen LogP contribution in [-0.2, 0) is 16.0 Å². The van der Waals surface area contributed by atoms with Crippen LogP contribution in [0.2, 0.25) is 5.02 Å². The van der Waals surface area contributed by atoms with Gasteiger partial charge in [0.1, 0.15) is 12.4 Å². The van der Waals surface area contributed by atoms with Gasteiger partial charge in [-0.15, -0.1) is 11.8 Å². The highest BCUT2D eigenvalue weighted by molar-refractivity contribution is 7.99. The number of anilines is 1. The van der Waals surface area contributed by atoms with E-state index in [1.807, 2.05) is 30.0 Å². The fourth-order valence-corrected chi connectivity index (χ4v) is 5.42. The van der Waals surface area contributed by atoms with Gasteiger partial charge in [-0.25, -0.2) is 0 Å². The van der Waals surface area contributed by atoms with E-state index >= 15 is 0 Å². The van der Waals surface area contributed by atoms with E-state index in [-0.39, 0.29) is 0 Å². The maximum absolute atomic E-state index is 6.26. The molecule has 0 unspecified atom stereocenters. The van der Waals surface area contributed by atoms with Crippen LogP contribution in [0.5, 0.6) is 6.01 Å². The molecular formula is C24H30ClN5O3S. The Morgan fingerprint density at radius 2 is 1.82 bits per heavy atom. The molecule has 3 aliphatic rings. The molecule has 182 valence electrons. The first-order chi connectivity index (χ1) is 16.7. The van der Waals surface area contributed by atoms with E-state index in [2.05, 4.69) is 15.9 Å². The summed E-state index contributed by atoms with van der Waals surface area (Å²) in [6, 6.07) is 8.48. The zero-order chi connectivity index (χ0) is 23.2. The van der Waals surface area contributed by atoms with Gasteiger partial charge in [0.25, 0.3) is 0 Å². The average molecular weight is 504 g/mol. The van der Waals surface area contributed by atoms with Gasteiger partial charge in [-0.3, -0.25) is 9.89 Å². The van der Waals surface area contributed by atoms with Gasteiger partial charge in [0.2, 0.25) is 0 Å². The molecule has 5 rings (SSSR count). The van der Waals surface area contributed by atoms with Crippen LogP contribution in [-0.4, -0.2) is 92.1 Å². The van der Waals surface area contributed by atoms with Gasteiger partial charge >= 0.3 is 6.01 Å². The van der Waals surface area contributed by atoms with Gasteiger partial charge in [-0.2, -0.15) is 9.97 Å². The molecular weight excluding hydrogens is 474 g/mol. The second kappa shape index (κ2) is 11.7. The molecule has 2 saturated heterocycles. The Labute approximate surface area is 209 Å². The molecule has 34 heavy (non-hydrogen) atoms. The second-order valence-electron chi connectivity index (χ2n) is 8.40. The number of morpholine rings is 2. The summed E-state index contributed by atoms with van der Waals surface area (Å²) in [7, 11) is 0. The Bertz CT molecular complexity index is 1010. The minimum absolute atomic E-state index is 0.412. The Kier molecular flexibility index (Phi) is 8.18. The van der Waals surface area contributed by atoms with E-state index in [4.69, 9.17) is 40.8 Å². The SMILES string of the molecule is Clc1ccc2c(c1)C(=NCc1cc(N3CCOCC3)nc(OCCN3CCOCC3)n1)CCS2. The lowest BCUT2D eigenvalue weighted by atomic mass is 10.1. The predicted molar refractivity (Wildman–Crippen MR) is 135 cm³/mol. The molecule has 0 aliphatic carbocycles. The molecule has 4 heterocycles. The first kappa shape index (κ1) is 23.8. The maximum atomic E-state index is 6.26. The number of halogens is 1. The van der Waals surface area contributed by atoms with Crippen LogP contribution in [0.4, 0.5) is 5.82 Å². The van der Waals surface area contributed by atoms with Crippen LogP contribution in [0.1, 0.15) is 17.7 Å². The zero-order valence-corrected chi connectivity index (χ0v) is 20.8. The van der Waals surface area contributed by atoms with E-state index in [1.54, 1.807) is 0 Å². The fraction of sp³-hybridized carbons (Fsp3) is 0.542. The number of ether oxygens (including phenoxy) is 3. The molecule has 0 amide bonds. The highest BCUT2D eigenvalue weighted by Crippen LogP contribution is 2.32. The zero-order valence-electron chi connectivity index (χ0n) is 19.2. The predicted octanol–water partition coefficient (Wildman–Crippen LogP) is 3.16. The van der Waals surface area contributed by atoms with Crippen molar-refractivity contribution in [2.75, 3.05) is 76.4 Å². The third-order valence-electron chi connectivity index (χ3n) is 6.10. The lowest BCUT2D eigenvalue weighted by Crippen LogP contribution is -2.39. The molecule has 0 spiro atoms. The number of fused-ring (bicyclic) bond motifs is 1. The molecule has 8 nitrogen and oxygen atoms in total. The summed E-state index contributed by atoms with van der Waals surface area (Å²) < 4.78 is 17.0. The Morgan fingerprint density at radius 3 is 2.65 bits per heavy atom. The number of hydrogen-bond donors (Lipinski definition) is 0. The van der Waals surface area contributed by atoms with E-state index < -0.39 is 0 Å². The smallest absolute Gasteiger partial charge is 0.318 e. The molecule has 0 saturated carbocycles. The topological polar surface area (TPSA) is 72.3 Å². The third kappa shape index (κ3) is 6.20. The summed E-state index contributed by atoms with van der Waals surface area (Å²) in [6.07, 6.45) is 0.919. The van der Waals surface area contributed by atoms with Crippen molar-refractivity contribution in [2.24, 2.45) is 4.99 Å². The standard InChI is InChI=1S/C24H30ClN5O3S/c25-18-1-2-22-20(15-18)21(3-14-34-22)26-17-19-16-23(30-7-11-32-12-8-30)28-24(27-19)33-13-6-29-4-9-31-10-5-29/h1-2,15-16H,3-14,17H2. The molecule has 0 radical (unpaired) electrons. The maximum Gasteiger partial charge on any atom is 0.318 e. The highest BCUT2D eigenvalue weighted by atomic mass is 35.5. The van der Waals surface area contributed by atoms with Crippen molar-refractivity contribution in [3.63, 3.8) is 0 Å². The van der Waals surface area contributed by atoms with Gasteiger partial charge in [0.15, 0.2) is 0 Å². The lowest BCUT2D eigenvalue weighted by Gasteiger charge is -2.28. The summed E-state index contributed by atoms with van der Waals surface area (Å²) in [5.74, 6) is 1.89. The summed E-state index contributed by atoms with van der Waals surface area (Å²) in [4.78, 5) is 20.2. The molecule has 10 heteroatoms. The van der Waals surface area contributed by atoms with Crippen molar-refractivity contribution in [2.45, 2.75) is 17.9 Å². The molecule has 0 N–H and O–H groups in total. The molecule has 0 atom stereocenters. The lowest BCUT2D eigenvalue weighted by molar-refractivity contribution is 0.0317. The number of benzene rings is 1. The van der Waals surface area contributed by atoms with Crippen LogP contribution in [0.25, 0.3) is 0 Å². The van der Waals surface area contributed by atoms with Crippen molar-refractivity contribution in [3.8, 4) is 6.01 Å². The highest BCUT2D eigenvalue weighted by Gasteiger charge is 2.19. The summed E-state index contributed by atoms with van der Waals surface area (Å²) in [6.45, 7) is 8.29. The minimum Gasteiger partial charge on any atom is -0.462 e. The summed E-state index contributed by atoms with van der Waals surface area (Å²) in [5, 5.41) is 0.738. The van der Waals surface area contributed by atoms with Gasteiger partial charge in [-0.1, -0.05) is 11.6 Å². The van der Waals surface area contributed by atoms with Gasteiger partial charge in [0, 0.05) is 65.7 Å². The van der Waals surface area contributed by atoms with Crippen LogP contribution >= 0.6 is 23.4 Å². The first-order valence-electron chi connectivity index (χ1n) is 11.8. The van der Waals surface area contributed by atoms with Crippen molar-refractivity contribution in [1.82, 2.24) is 14.9 Å². The van der Waals surface area contributed by atoms with Crippen molar-refractivity contribution < 1.29 is 14.2 Å². The monoisotopic (exact) mass is 503 g/mol.